The van der Waals surface area contributed by atoms with E-state index in [1.807, 2.05) is 4.68 Å². The first-order chi connectivity index (χ1) is 9.31. The highest BCUT2D eigenvalue weighted by atomic mass is 16.5. The Labute approximate surface area is 114 Å². The molecule has 0 spiro atoms. The van der Waals surface area contributed by atoms with Crippen molar-refractivity contribution >= 4 is 0 Å². The highest BCUT2D eigenvalue weighted by Gasteiger charge is 2.22. The van der Waals surface area contributed by atoms with Crippen LogP contribution in [0.4, 0.5) is 0 Å². The molecule has 0 radical (unpaired) electrons. The molecule has 0 bridgehead atoms. The third-order valence-corrected chi connectivity index (χ3v) is 4.20. The van der Waals surface area contributed by atoms with E-state index in [4.69, 9.17) is 4.74 Å². The highest BCUT2D eigenvalue weighted by Crippen LogP contribution is 2.31. The minimum absolute atomic E-state index is 0.213. The van der Waals surface area contributed by atoms with E-state index in [-0.39, 0.29) is 6.10 Å². The average Bonchev–Trinajstić information content (AvgIpc) is 2.88. The summed E-state index contributed by atoms with van der Waals surface area (Å²) < 4.78 is 7.85. The Morgan fingerprint density at radius 3 is 2.95 bits per heavy atom. The maximum atomic E-state index is 5.89. The number of ether oxygens (including phenoxy) is 1. The molecule has 1 saturated heterocycles. The number of aromatic nitrogens is 3. The average molecular weight is 264 g/mol. The van der Waals surface area contributed by atoms with Crippen LogP contribution in [0.3, 0.4) is 0 Å². The van der Waals surface area contributed by atoms with Gasteiger partial charge >= 0.3 is 0 Å². The lowest BCUT2D eigenvalue weighted by Gasteiger charge is -2.28. The summed E-state index contributed by atoms with van der Waals surface area (Å²) in [5, 5.41) is 12.0. The van der Waals surface area contributed by atoms with E-state index in [2.05, 4.69) is 28.7 Å². The summed E-state index contributed by atoms with van der Waals surface area (Å²) in [6.45, 7) is 4.76. The van der Waals surface area contributed by atoms with E-state index in [0.29, 0.717) is 12.0 Å². The van der Waals surface area contributed by atoms with Crippen LogP contribution < -0.4 is 5.32 Å². The zero-order valence-electron chi connectivity index (χ0n) is 11.7. The Morgan fingerprint density at radius 1 is 1.32 bits per heavy atom. The Bertz CT molecular complexity index is 400. The molecule has 2 fully saturated rings. The second-order valence-corrected chi connectivity index (χ2v) is 5.93. The lowest BCUT2D eigenvalue weighted by atomic mass is 9.87. The van der Waals surface area contributed by atoms with Crippen molar-refractivity contribution in [2.45, 2.75) is 63.7 Å². The first kappa shape index (κ1) is 13.1. The Morgan fingerprint density at radius 2 is 2.16 bits per heavy atom. The maximum absolute atomic E-state index is 5.89. The number of rotatable bonds is 3. The molecule has 106 valence electrons. The minimum Gasteiger partial charge on any atom is -0.371 e. The lowest BCUT2D eigenvalue weighted by molar-refractivity contribution is -0.0365. The van der Waals surface area contributed by atoms with Gasteiger partial charge in [0.2, 0.25) is 0 Å². The van der Waals surface area contributed by atoms with Crippen molar-refractivity contribution in [3.63, 3.8) is 0 Å². The van der Waals surface area contributed by atoms with Crippen molar-refractivity contribution in [2.75, 3.05) is 13.1 Å². The zero-order valence-corrected chi connectivity index (χ0v) is 11.7. The molecule has 1 N–H and O–H groups in total. The summed E-state index contributed by atoms with van der Waals surface area (Å²) in [6.07, 6.45) is 9.23. The van der Waals surface area contributed by atoms with Crippen LogP contribution in [0.5, 0.6) is 0 Å². The van der Waals surface area contributed by atoms with Crippen LogP contribution in [0.15, 0.2) is 6.20 Å². The molecule has 19 heavy (non-hydrogen) atoms. The van der Waals surface area contributed by atoms with Gasteiger partial charge in [0.15, 0.2) is 0 Å². The molecular weight excluding hydrogens is 240 g/mol. The fraction of sp³-hybridized carbons (Fsp3) is 0.857. The molecule has 5 nitrogen and oxygen atoms in total. The number of hydrogen-bond donors (Lipinski definition) is 1. The van der Waals surface area contributed by atoms with Crippen LogP contribution in [-0.4, -0.2) is 40.3 Å². The van der Waals surface area contributed by atoms with Gasteiger partial charge in [-0.25, -0.2) is 4.68 Å². The molecule has 1 aromatic rings. The Hall–Kier alpha value is -0.940. The largest absolute Gasteiger partial charge is 0.371 e. The summed E-state index contributed by atoms with van der Waals surface area (Å²) >= 11 is 0. The zero-order chi connectivity index (χ0) is 13.1. The molecule has 0 aromatic carbocycles. The minimum atomic E-state index is 0.213. The van der Waals surface area contributed by atoms with Crippen molar-refractivity contribution < 1.29 is 4.74 Å². The fourth-order valence-electron chi connectivity index (χ4n) is 3.18. The topological polar surface area (TPSA) is 52.0 Å². The SMILES string of the molecule is C[C@@H]1CNC[C@H](Cn2cc(C3CCCCC3)nn2)O1. The monoisotopic (exact) mass is 264 g/mol. The van der Waals surface area contributed by atoms with Crippen LogP contribution in [0.1, 0.15) is 50.6 Å². The molecule has 2 aliphatic rings. The molecule has 1 aromatic heterocycles. The molecule has 0 amide bonds. The number of hydrogen-bond acceptors (Lipinski definition) is 4. The van der Waals surface area contributed by atoms with Crippen LogP contribution in [0, 0.1) is 0 Å². The van der Waals surface area contributed by atoms with Gasteiger partial charge in [0.1, 0.15) is 0 Å². The number of morpholine rings is 1. The van der Waals surface area contributed by atoms with Crippen molar-refractivity contribution in [1.82, 2.24) is 20.3 Å². The van der Waals surface area contributed by atoms with E-state index in [1.165, 1.54) is 37.8 Å². The van der Waals surface area contributed by atoms with Gasteiger partial charge < -0.3 is 10.1 Å². The van der Waals surface area contributed by atoms with Crippen molar-refractivity contribution in [3.8, 4) is 0 Å². The van der Waals surface area contributed by atoms with E-state index < -0.39 is 0 Å². The van der Waals surface area contributed by atoms with E-state index in [1.54, 1.807) is 0 Å². The lowest BCUT2D eigenvalue weighted by Crippen LogP contribution is -2.45. The van der Waals surface area contributed by atoms with E-state index in [9.17, 15) is 0 Å². The molecule has 2 heterocycles. The second kappa shape index (κ2) is 6.01. The number of nitrogens with one attached hydrogen (secondary N) is 1. The van der Waals surface area contributed by atoms with Crippen LogP contribution >= 0.6 is 0 Å². The van der Waals surface area contributed by atoms with E-state index in [0.717, 1.165) is 19.6 Å². The third-order valence-electron chi connectivity index (χ3n) is 4.20. The van der Waals surface area contributed by atoms with Gasteiger partial charge in [0.25, 0.3) is 0 Å². The second-order valence-electron chi connectivity index (χ2n) is 5.93. The summed E-state index contributed by atoms with van der Waals surface area (Å²) in [4.78, 5) is 0. The molecule has 5 heteroatoms. The fourth-order valence-corrected chi connectivity index (χ4v) is 3.18. The van der Waals surface area contributed by atoms with Crippen LogP contribution in [0.25, 0.3) is 0 Å². The normalized spacial score (nSPS) is 29.5. The first-order valence-electron chi connectivity index (χ1n) is 7.57. The van der Waals surface area contributed by atoms with Gasteiger partial charge in [-0.2, -0.15) is 0 Å². The van der Waals surface area contributed by atoms with Gasteiger partial charge in [-0.05, 0) is 19.8 Å². The van der Waals surface area contributed by atoms with Gasteiger partial charge in [0, 0.05) is 25.2 Å². The summed E-state index contributed by atoms with van der Waals surface area (Å²) in [7, 11) is 0. The van der Waals surface area contributed by atoms with Gasteiger partial charge in [-0.3, -0.25) is 0 Å². The first-order valence-corrected chi connectivity index (χ1v) is 7.57. The third kappa shape index (κ3) is 3.34. The van der Waals surface area contributed by atoms with Crippen molar-refractivity contribution in [1.29, 1.82) is 0 Å². The summed E-state index contributed by atoms with van der Waals surface area (Å²) in [6, 6.07) is 0. The molecule has 3 rings (SSSR count). The van der Waals surface area contributed by atoms with Gasteiger partial charge in [-0.15, -0.1) is 5.10 Å². The smallest absolute Gasteiger partial charge is 0.0899 e. The predicted molar refractivity (Wildman–Crippen MR) is 73.1 cm³/mol. The van der Waals surface area contributed by atoms with Crippen molar-refractivity contribution in [2.24, 2.45) is 0 Å². The summed E-state index contributed by atoms with van der Waals surface area (Å²) in [5.41, 5.74) is 1.18. The standard InChI is InChI=1S/C14H24N4O/c1-11-7-15-8-13(19-11)9-18-10-14(16-17-18)12-5-3-2-4-6-12/h10-13,15H,2-9H2,1H3/t11-,13-/m1/s1. The predicted octanol–water partition coefficient (Wildman–Crippen LogP) is 1.70. The Kier molecular flexibility index (Phi) is 4.13. The van der Waals surface area contributed by atoms with Crippen molar-refractivity contribution in [3.05, 3.63) is 11.9 Å². The molecule has 1 saturated carbocycles. The van der Waals surface area contributed by atoms with Crippen LogP contribution in [0.2, 0.25) is 0 Å². The quantitative estimate of drug-likeness (QED) is 0.903. The number of nitrogens with zero attached hydrogens (tertiary/aromatic N) is 3. The highest BCUT2D eigenvalue weighted by molar-refractivity contribution is 5.03. The maximum Gasteiger partial charge on any atom is 0.0899 e. The van der Waals surface area contributed by atoms with Gasteiger partial charge in [0.05, 0.1) is 24.4 Å². The molecular formula is C14H24N4O. The molecule has 0 unspecified atom stereocenters. The summed E-state index contributed by atoms with van der Waals surface area (Å²) in [5.74, 6) is 0.631. The van der Waals surface area contributed by atoms with Gasteiger partial charge in [-0.1, -0.05) is 24.5 Å². The molecule has 1 aliphatic carbocycles. The Balaban J connectivity index is 1.58. The molecule has 2 atom stereocenters. The van der Waals surface area contributed by atoms with Crippen LogP contribution in [-0.2, 0) is 11.3 Å². The van der Waals surface area contributed by atoms with E-state index >= 15 is 0 Å². The molecule has 1 aliphatic heterocycles.